The number of halogens is 1. The molecular weight excluding hydrogens is 440 g/mol. The minimum absolute atomic E-state index is 0.102. The number of aromatic amines is 1. The van der Waals surface area contributed by atoms with Crippen molar-refractivity contribution in [3.05, 3.63) is 47.0 Å². The van der Waals surface area contributed by atoms with Gasteiger partial charge in [-0.1, -0.05) is 18.5 Å². The van der Waals surface area contributed by atoms with Crippen molar-refractivity contribution in [2.75, 3.05) is 51.3 Å². The molecule has 0 saturated carbocycles. The minimum atomic E-state index is 0.102. The first kappa shape index (κ1) is 23.4. The molecule has 0 aliphatic carbocycles. The smallest absolute Gasteiger partial charge is 0.162 e. The van der Waals surface area contributed by atoms with E-state index in [0.717, 1.165) is 62.3 Å². The van der Waals surface area contributed by atoms with E-state index in [-0.39, 0.29) is 5.78 Å². The van der Waals surface area contributed by atoms with Gasteiger partial charge in [0.1, 0.15) is 0 Å². The van der Waals surface area contributed by atoms with Gasteiger partial charge < -0.3 is 14.4 Å². The Bertz CT molecular complexity index is 1090. The topological polar surface area (TPSA) is 70.7 Å². The first-order chi connectivity index (χ1) is 16.1. The monoisotopic (exact) mass is 470 g/mol. The van der Waals surface area contributed by atoms with Gasteiger partial charge in [0, 0.05) is 48.6 Å². The van der Waals surface area contributed by atoms with Gasteiger partial charge in [-0.25, -0.2) is 0 Å². The molecule has 176 valence electrons. The van der Waals surface area contributed by atoms with Crippen LogP contribution in [0, 0.1) is 0 Å². The number of fused-ring (bicyclic) bond motifs is 1. The van der Waals surface area contributed by atoms with Crippen molar-refractivity contribution in [1.29, 1.82) is 0 Å². The number of nitrogens with zero attached hydrogens (tertiary/aromatic N) is 3. The summed E-state index contributed by atoms with van der Waals surface area (Å²) in [4.78, 5) is 16.7. The van der Waals surface area contributed by atoms with E-state index in [2.05, 4.69) is 20.0 Å². The normalized spacial score (nSPS) is 14.6. The van der Waals surface area contributed by atoms with Crippen LogP contribution in [0.5, 0.6) is 11.5 Å². The average molecular weight is 471 g/mol. The minimum Gasteiger partial charge on any atom is -0.493 e. The molecule has 2 heterocycles. The fourth-order valence-corrected chi connectivity index (χ4v) is 4.36. The number of hydrogen-bond donors (Lipinski definition) is 1. The molecule has 0 atom stereocenters. The number of unbranched alkanes of at least 4 members (excludes halogenated alkanes) is 1. The van der Waals surface area contributed by atoms with Gasteiger partial charge in [0.05, 0.1) is 19.2 Å². The summed E-state index contributed by atoms with van der Waals surface area (Å²) in [6, 6.07) is 11.3. The number of carbonyl (C=O) groups is 1. The van der Waals surface area contributed by atoms with Crippen molar-refractivity contribution in [3.8, 4) is 11.5 Å². The summed E-state index contributed by atoms with van der Waals surface area (Å²) in [6.07, 6.45) is 2.51. The summed E-state index contributed by atoms with van der Waals surface area (Å²) in [7, 11) is 1.60. The molecule has 1 fully saturated rings. The van der Waals surface area contributed by atoms with Gasteiger partial charge in [-0.2, -0.15) is 5.10 Å². The summed E-state index contributed by atoms with van der Waals surface area (Å²) in [6.45, 7) is 7.48. The Morgan fingerprint density at radius 3 is 2.67 bits per heavy atom. The van der Waals surface area contributed by atoms with Crippen LogP contribution in [-0.2, 0) is 0 Å². The van der Waals surface area contributed by atoms with Crippen LogP contribution in [0.3, 0.4) is 0 Å². The molecule has 0 bridgehead atoms. The Hall–Kier alpha value is -2.77. The summed E-state index contributed by atoms with van der Waals surface area (Å²) in [5.41, 5.74) is 1.63. The van der Waals surface area contributed by atoms with Crippen molar-refractivity contribution in [2.45, 2.75) is 26.2 Å². The number of ketones is 1. The third-order valence-electron chi connectivity index (χ3n) is 6.11. The molecule has 7 nitrogen and oxygen atoms in total. The van der Waals surface area contributed by atoms with E-state index in [9.17, 15) is 4.79 Å². The molecule has 0 amide bonds. The van der Waals surface area contributed by atoms with Gasteiger partial charge >= 0.3 is 0 Å². The second-order valence-corrected chi connectivity index (χ2v) is 8.70. The second kappa shape index (κ2) is 10.9. The number of hydrogen-bond acceptors (Lipinski definition) is 6. The predicted octanol–water partition coefficient (Wildman–Crippen LogP) is 4.80. The molecule has 1 aliphatic heterocycles. The average Bonchev–Trinajstić information content (AvgIpc) is 3.26. The summed E-state index contributed by atoms with van der Waals surface area (Å²) in [5.74, 6) is 2.41. The lowest BCUT2D eigenvalue weighted by atomic mass is 10.1. The number of benzene rings is 2. The largest absolute Gasteiger partial charge is 0.493 e. The van der Waals surface area contributed by atoms with Crippen molar-refractivity contribution in [1.82, 2.24) is 15.1 Å². The fraction of sp³-hybridized carbons (Fsp3) is 0.440. The summed E-state index contributed by atoms with van der Waals surface area (Å²) < 4.78 is 11.3. The maximum absolute atomic E-state index is 11.9. The van der Waals surface area contributed by atoms with Crippen LogP contribution in [-0.4, -0.2) is 67.3 Å². The van der Waals surface area contributed by atoms with Gasteiger partial charge in [-0.05, 0) is 55.8 Å². The number of H-pyrrole nitrogens is 1. The first-order valence-corrected chi connectivity index (χ1v) is 11.9. The van der Waals surface area contributed by atoms with Crippen LogP contribution in [0.4, 0.5) is 5.82 Å². The number of nitrogens with one attached hydrogen (secondary N) is 1. The number of rotatable bonds is 10. The van der Waals surface area contributed by atoms with E-state index >= 15 is 0 Å². The molecule has 3 aromatic rings. The zero-order chi connectivity index (χ0) is 23.2. The molecule has 8 heteroatoms. The standard InChI is InChI=1S/C25H31ClN4O3/c1-3-22(31)18-6-9-23(24(16-18)32-2)33-15-5-4-10-29-11-13-30(14-12-29)25-20-8-7-19(26)17-21(20)27-28-25/h6-9,16-17H,3-5,10-15H2,1-2H3,(H,27,28). The van der Waals surface area contributed by atoms with Crippen molar-refractivity contribution >= 4 is 34.1 Å². The number of ether oxygens (including phenoxy) is 2. The third-order valence-corrected chi connectivity index (χ3v) is 6.34. The number of methoxy groups -OCH3 is 1. The SMILES string of the molecule is CCC(=O)c1ccc(OCCCCN2CCN(c3n[nH]c4cc(Cl)ccc34)CC2)c(OC)c1. The Morgan fingerprint density at radius 1 is 1.09 bits per heavy atom. The molecule has 1 saturated heterocycles. The van der Waals surface area contributed by atoms with Gasteiger partial charge in [-0.3, -0.25) is 14.8 Å². The Labute approximate surface area is 199 Å². The summed E-state index contributed by atoms with van der Waals surface area (Å²) >= 11 is 6.08. The van der Waals surface area contributed by atoms with Crippen LogP contribution in [0.25, 0.3) is 10.9 Å². The molecule has 1 N–H and O–H groups in total. The molecule has 0 spiro atoms. The van der Waals surface area contributed by atoms with Crippen molar-refractivity contribution < 1.29 is 14.3 Å². The molecule has 2 aromatic carbocycles. The highest BCUT2D eigenvalue weighted by atomic mass is 35.5. The Kier molecular flexibility index (Phi) is 7.73. The zero-order valence-electron chi connectivity index (χ0n) is 19.3. The third kappa shape index (κ3) is 5.60. The molecule has 1 aromatic heterocycles. The number of carbonyl (C=O) groups excluding carboxylic acids is 1. The molecule has 33 heavy (non-hydrogen) atoms. The number of Topliss-reactive ketones (excluding diaryl/α,β-unsaturated/α-hetero) is 1. The van der Waals surface area contributed by atoms with Crippen LogP contribution < -0.4 is 14.4 Å². The van der Waals surface area contributed by atoms with E-state index in [1.54, 1.807) is 19.2 Å². The number of piperazine rings is 1. The van der Waals surface area contributed by atoms with Crippen LogP contribution in [0.1, 0.15) is 36.5 Å². The molecular formula is C25H31ClN4O3. The number of anilines is 1. The fourth-order valence-electron chi connectivity index (χ4n) is 4.19. The van der Waals surface area contributed by atoms with E-state index in [1.165, 1.54) is 0 Å². The lowest BCUT2D eigenvalue weighted by Gasteiger charge is -2.35. The van der Waals surface area contributed by atoms with Crippen LogP contribution >= 0.6 is 11.6 Å². The van der Waals surface area contributed by atoms with Gasteiger partial charge in [-0.15, -0.1) is 0 Å². The predicted molar refractivity (Wildman–Crippen MR) is 132 cm³/mol. The molecule has 4 rings (SSSR count). The quantitative estimate of drug-likeness (QED) is 0.339. The van der Waals surface area contributed by atoms with Crippen molar-refractivity contribution in [2.24, 2.45) is 0 Å². The lowest BCUT2D eigenvalue weighted by Crippen LogP contribution is -2.46. The maximum atomic E-state index is 11.9. The molecule has 0 radical (unpaired) electrons. The Balaban J connectivity index is 1.19. The highest BCUT2D eigenvalue weighted by Crippen LogP contribution is 2.29. The van der Waals surface area contributed by atoms with Gasteiger partial charge in [0.2, 0.25) is 0 Å². The van der Waals surface area contributed by atoms with Crippen LogP contribution in [0.15, 0.2) is 36.4 Å². The molecule has 0 unspecified atom stereocenters. The first-order valence-electron chi connectivity index (χ1n) is 11.5. The molecule has 1 aliphatic rings. The zero-order valence-corrected chi connectivity index (χ0v) is 20.0. The Morgan fingerprint density at radius 2 is 1.91 bits per heavy atom. The second-order valence-electron chi connectivity index (χ2n) is 8.26. The highest BCUT2D eigenvalue weighted by Gasteiger charge is 2.20. The number of aromatic nitrogens is 2. The van der Waals surface area contributed by atoms with Crippen molar-refractivity contribution in [3.63, 3.8) is 0 Å². The maximum Gasteiger partial charge on any atom is 0.162 e. The lowest BCUT2D eigenvalue weighted by molar-refractivity contribution is 0.0987. The van der Waals surface area contributed by atoms with Crippen LogP contribution in [0.2, 0.25) is 5.02 Å². The highest BCUT2D eigenvalue weighted by molar-refractivity contribution is 6.31. The van der Waals surface area contributed by atoms with E-state index in [4.69, 9.17) is 21.1 Å². The summed E-state index contributed by atoms with van der Waals surface area (Å²) in [5, 5.41) is 9.44. The van der Waals surface area contributed by atoms with E-state index < -0.39 is 0 Å². The van der Waals surface area contributed by atoms with E-state index in [0.29, 0.717) is 35.1 Å². The van der Waals surface area contributed by atoms with E-state index in [1.807, 2.05) is 31.2 Å². The van der Waals surface area contributed by atoms with Gasteiger partial charge in [0.15, 0.2) is 23.1 Å². The van der Waals surface area contributed by atoms with Gasteiger partial charge in [0.25, 0.3) is 0 Å².